The fraction of sp³-hybridized carbons (Fsp3) is 0.471. The molecule has 1 aromatic carbocycles. The summed E-state index contributed by atoms with van der Waals surface area (Å²) < 4.78 is 0. The Morgan fingerprint density at radius 2 is 1.96 bits per heavy atom. The molecule has 0 aliphatic carbocycles. The maximum absolute atomic E-state index is 12.3. The first-order valence-corrected chi connectivity index (χ1v) is 8.04. The number of benzene rings is 1. The lowest BCUT2D eigenvalue weighted by Gasteiger charge is -2.13. The fourth-order valence-electron chi connectivity index (χ4n) is 2.51. The molecule has 1 saturated heterocycles. The molecule has 1 heterocycles. The number of carbonyl (C=O) groups is 3. The molecule has 0 spiro atoms. The zero-order valence-corrected chi connectivity index (χ0v) is 14.1. The van der Waals surface area contributed by atoms with Gasteiger partial charge in [-0.3, -0.25) is 14.5 Å². The van der Waals surface area contributed by atoms with Crippen LogP contribution in [0.4, 0.5) is 4.79 Å². The Labute approximate surface area is 142 Å². The fourth-order valence-corrected chi connectivity index (χ4v) is 2.51. The van der Waals surface area contributed by atoms with Crippen LogP contribution in [0.15, 0.2) is 30.3 Å². The summed E-state index contributed by atoms with van der Waals surface area (Å²) in [5.41, 5.74) is 0.870. The first kappa shape index (κ1) is 17.9. The second-order valence-corrected chi connectivity index (χ2v) is 6.12. The second-order valence-electron chi connectivity index (χ2n) is 6.12. The van der Waals surface area contributed by atoms with Crippen LogP contribution >= 0.6 is 0 Å². The number of hydrogen-bond acceptors (Lipinski definition) is 4. The zero-order chi connectivity index (χ0) is 17.5. The molecule has 0 saturated carbocycles. The van der Waals surface area contributed by atoms with E-state index in [4.69, 9.17) is 0 Å². The molecule has 24 heavy (non-hydrogen) atoms. The molecule has 0 radical (unpaired) electrons. The van der Waals surface area contributed by atoms with Crippen molar-refractivity contribution in [2.75, 3.05) is 27.2 Å². The van der Waals surface area contributed by atoms with Crippen LogP contribution in [0.3, 0.4) is 0 Å². The topological polar surface area (TPSA) is 81.8 Å². The number of rotatable bonds is 8. The van der Waals surface area contributed by atoms with Gasteiger partial charge in [0.1, 0.15) is 6.04 Å². The maximum Gasteiger partial charge on any atom is 0.325 e. The van der Waals surface area contributed by atoms with Crippen molar-refractivity contribution in [2.45, 2.75) is 25.4 Å². The van der Waals surface area contributed by atoms with Crippen molar-refractivity contribution < 1.29 is 14.4 Å². The predicted octanol–water partition coefficient (Wildman–Crippen LogP) is 0.565. The van der Waals surface area contributed by atoms with E-state index in [0.717, 1.165) is 23.4 Å². The van der Waals surface area contributed by atoms with Crippen molar-refractivity contribution in [1.82, 2.24) is 20.4 Å². The highest BCUT2D eigenvalue weighted by Crippen LogP contribution is 2.13. The summed E-state index contributed by atoms with van der Waals surface area (Å²) in [6.07, 6.45) is 0.807. The molecular weight excluding hydrogens is 308 g/mol. The summed E-state index contributed by atoms with van der Waals surface area (Å²) in [7, 11) is 3.94. The minimum atomic E-state index is -0.782. The number of amides is 4. The van der Waals surface area contributed by atoms with E-state index in [2.05, 4.69) is 10.6 Å². The highest BCUT2D eigenvalue weighted by atomic mass is 16.2. The van der Waals surface area contributed by atoms with Gasteiger partial charge in [-0.25, -0.2) is 4.79 Å². The van der Waals surface area contributed by atoms with Crippen LogP contribution in [0.25, 0.3) is 0 Å². The van der Waals surface area contributed by atoms with Gasteiger partial charge in [-0.15, -0.1) is 0 Å². The summed E-state index contributed by atoms with van der Waals surface area (Å²) in [5, 5.41) is 5.36. The van der Waals surface area contributed by atoms with Crippen LogP contribution in [0, 0.1) is 0 Å². The van der Waals surface area contributed by atoms with Gasteiger partial charge in [0.2, 0.25) is 5.91 Å². The summed E-state index contributed by atoms with van der Waals surface area (Å²) in [6, 6.07) is 8.05. The van der Waals surface area contributed by atoms with E-state index >= 15 is 0 Å². The lowest BCUT2D eigenvalue weighted by atomic mass is 10.1. The van der Waals surface area contributed by atoms with Gasteiger partial charge < -0.3 is 15.5 Å². The van der Waals surface area contributed by atoms with E-state index < -0.39 is 12.1 Å². The van der Waals surface area contributed by atoms with Gasteiger partial charge in [0.05, 0.1) is 13.0 Å². The summed E-state index contributed by atoms with van der Waals surface area (Å²) in [4.78, 5) is 39.4. The van der Waals surface area contributed by atoms with Crippen molar-refractivity contribution in [3.8, 4) is 0 Å². The molecule has 4 amide bonds. The van der Waals surface area contributed by atoms with Crippen LogP contribution in [-0.4, -0.2) is 60.9 Å². The van der Waals surface area contributed by atoms with Crippen LogP contribution in [0.2, 0.25) is 0 Å². The first-order chi connectivity index (χ1) is 11.5. The van der Waals surface area contributed by atoms with E-state index in [-0.39, 0.29) is 24.8 Å². The Kier molecular flexibility index (Phi) is 6.31. The van der Waals surface area contributed by atoms with E-state index in [0.29, 0.717) is 6.54 Å². The van der Waals surface area contributed by atoms with Crippen LogP contribution in [0.1, 0.15) is 18.4 Å². The number of hydrogen-bond donors (Lipinski definition) is 2. The van der Waals surface area contributed by atoms with Gasteiger partial charge in [-0.1, -0.05) is 30.3 Å². The summed E-state index contributed by atoms with van der Waals surface area (Å²) >= 11 is 0. The average Bonchev–Trinajstić information content (AvgIpc) is 2.80. The molecule has 7 nitrogen and oxygen atoms in total. The third-order valence-electron chi connectivity index (χ3n) is 3.78. The SMILES string of the molecule is CN(C)CCCNC(=O)CC1NC(=O)N(Cc2ccccc2)C1=O. The Balaban J connectivity index is 1.81. The van der Waals surface area contributed by atoms with Crippen molar-refractivity contribution in [2.24, 2.45) is 0 Å². The Morgan fingerprint density at radius 3 is 2.62 bits per heavy atom. The number of carbonyl (C=O) groups excluding carboxylic acids is 3. The number of urea groups is 1. The number of imide groups is 1. The molecular formula is C17H24N4O3. The normalized spacial score (nSPS) is 17.3. The third-order valence-corrected chi connectivity index (χ3v) is 3.78. The number of nitrogens with one attached hydrogen (secondary N) is 2. The van der Waals surface area contributed by atoms with E-state index in [1.807, 2.05) is 49.3 Å². The molecule has 1 unspecified atom stereocenters. The summed E-state index contributed by atoms with van der Waals surface area (Å²) in [5.74, 6) is -0.582. The highest BCUT2D eigenvalue weighted by Gasteiger charge is 2.38. The van der Waals surface area contributed by atoms with Gasteiger partial charge in [0.25, 0.3) is 5.91 Å². The molecule has 2 rings (SSSR count). The molecule has 0 bridgehead atoms. The third kappa shape index (κ3) is 5.06. The molecule has 7 heteroatoms. The largest absolute Gasteiger partial charge is 0.356 e. The lowest BCUT2D eigenvalue weighted by molar-refractivity contribution is -0.131. The zero-order valence-electron chi connectivity index (χ0n) is 14.1. The maximum atomic E-state index is 12.3. The molecule has 2 N–H and O–H groups in total. The molecule has 130 valence electrons. The van der Waals surface area contributed by atoms with Crippen molar-refractivity contribution >= 4 is 17.8 Å². The van der Waals surface area contributed by atoms with Crippen LogP contribution < -0.4 is 10.6 Å². The van der Waals surface area contributed by atoms with E-state index in [1.54, 1.807) is 0 Å². The van der Waals surface area contributed by atoms with Gasteiger partial charge in [0.15, 0.2) is 0 Å². The molecule has 1 aliphatic heterocycles. The van der Waals surface area contributed by atoms with Crippen LogP contribution in [0.5, 0.6) is 0 Å². The quantitative estimate of drug-likeness (QED) is 0.538. The van der Waals surface area contributed by atoms with E-state index in [9.17, 15) is 14.4 Å². The molecule has 1 aromatic rings. The van der Waals surface area contributed by atoms with Gasteiger partial charge in [-0.05, 0) is 32.6 Å². The summed E-state index contributed by atoms with van der Waals surface area (Å²) in [6.45, 7) is 1.65. The second kappa shape index (κ2) is 8.44. The highest BCUT2D eigenvalue weighted by molar-refractivity contribution is 6.05. The monoisotopic (exact) mass is 332 g/mol. The van der Waals surface area contributed by atoms with E-state index in [1.165, 1.54) is 0 Å². The first-order valence-electron chi connectivity index (χ1n) is 8.04. The predicted molar refractivity (Wildman–Crippen MR) is 90.1 cm³/mol. The molecule has 1 fully saturated rings. The number of nitrogens with zero attached hydrogens (tertiary/aromatic N) is 2. The Hall–Kier alpha value is -2.41. The van der Waals surface area contributed by atoms with Crippen molar-refractivity contribution in [3.63, 3.8) is 0 Å². The van der Waals surface area contributed by atoms with Gasteiger partial charge in [-0.2, -0.15) is 0 Å². The minimum Gasteiger partial charge on any atom is -0.356 e. The Morgan fingerprint density at radius 1 is 1.25 bits per heavy atom. The van der Waals surface area contributed by atoms with Crippen molar-refractivity contribution in [3.05, 3.63) is 35.9 Å². The van der Waals surface area contributed by atoms with Crippen LogP contribution in [-0.2, 0) is 16.1 Å². The lowest BCUT2D eigenvalue weighted by Crippen LogP contribution is -2.37. The van der Waals surface area contributed by atoms with Crippen molar-refractivity contribution in [1.29, 1.82) is 0 Å². The standard InChI is InChI=1S/C17H24N4O3/c1-20(2)10-6-9-18-15(22)11-14-16(23)21(17(24)19-14)12-13-7-4-3-5-8-13/h3-5,7-8,14H,6,9-12H2,1-2H3,(H,18,22)(H,19,24). The average molecular weight is 332 g/mol. The molecule has 1 atom stereocenters. The molecule has 1 aliphatic rings. The molecule has 0 aromatic heterocycles. The van der Waals surface area contributed by atoms with Gasteiger partial charge in [0, 0.05) is 6.54 Å². The Bertz CT molecular complexity index is 589. The smallest absolute Gasteiger partial charge is 0.325 e. The van der Waals surface area contributed by atoms with Gasteiger partial charge >= 0.3 is 6.03 Å². The minimum absolute atomic E-state index is 0.0299.